The lowest BCUT2D eigenvalue weighted by molar-refractivity contribution is 0.508. The summed E-state index contributed by atoms with van der Waals surface area (Å²) < 4.78 is 4.34. The molecule has 2 unspecified atom stereocenters. The van der Waals surface area contributed by atoms with Crippen LogP contribution in [0.1, 0.15) is 30.7 Å². The number of hydrogen-bond donors (Lipinski definition) is 1. The van der Waals surface area contributed by atoms with Crippen LogP contribution in [0.2, 0.25) is 0 Å². The predicted molar refractivity (Wildman–Crippen MR) is 59.1 cm³/mol. The fraction of sp³-hybridized carbons (Fsp3) is 0.667. The first kappa shape index (κ1) is 9.49. The lowest BCUT2D eigenvalue weighted by Crippen LogP contribution is -2.32. The highest BCUT2D eigenvalue weighted by atomic mass is 32.2. The van der Waals surface area contributed by atoms with Gasteiger partial charge in [0.25, 0.3) is 0 Å². The van der Waals surface area contributed by atoms with Crippen LogP contribution >= 0.6 is 23.3 Å². The van der Waals surface area contributed by atoms with Crippen LogP contribution in [0, 0.1) is 0 Å². The van der Waals surface area contributed by atoms with Crippen molar-refractivity contribution in [3.63, 3.8) is 0 Å². The van der Waals surface area contributed by atoms with Gasteiger partial charge in [-0.15, -0.1) is 0 Å². The molecule has 2 rings (SSSR count). The molecule has 0 aliphatic carbocycles. The lowest BCUT2D eigenvalue weighted by atomic mass is 9.96. The van der Waals surface area contributed by atoms with E-state index in [2.05, 4.69) is 11.3 Å². The second kappa shape index (κ2) is 3.59. The van der Waals surface area contributed by atoms with E-state index in [1.165, 1.54) is 35.0 Å². The van der Waals surface area contributed by atoms with Crippen molar-refractivity contribution in [3.05, 3.63) is 17.1 Å². The van der Waals surface area contributed by atoms with E-state index >= 15 is 0 Å². The number of hydrogen-bond acceptors (Lipinski definition) is 4. The third-order valence-electron chi connectivity index (χ3n) is 2.67. The Hall–Kier alpha value is -0.0600. The SMILES string of the molecule is CC1(C(N)c2ccns2)CCCS1. The van der Waals surface area contributed by atoms with Crippen LogP contribution in [0.3, 0.4) is 0 Å². The molecule has 2 N–H and O–H groups in total. The highest BCUT2D eigenvalue weighted by Gasteiger charge is 2.37. The molecule has 0 aromatic carbocycles. The Labute approximate surface area is 87.1 Å². The van der Waals surface area contributed by atoms with Gasteiger partial charge in [-0.25, -0.2) is 4.37 Å². The fourth-order valence-electron chi connectivity index (χ4n) is 1.73. The van der Waals surface area contributed by atoms with E-state index in [1.54, 1.807) is 0 Å². The summed E-state index contributed by atoms with van der Waals surface area (Å²) in [4.78, 5) is 1.22. The molecule has 2 heterocycles. The van der Waals surface area contributed by atoms with Crippen molar-refractivity contribution < 1.29 is 0 Å². The molecule has 1 aromatic heterocycles. The van der Waals surface area contributed by atoms with Gasteiger partial charge in [0.15, 0.2) is 0 Å². The third-order valence-corrected chi connectivity index (χ3v) is 5.11. The Morgan fingerprint density at radius 1 is 1.69 bits per heavy atom. The van der Waals surface area contributed by atoms with Crippen LogP contribution in [0.4, 0.5) is 0 Å². The molecule has 2 nitrogen and oxygen atoms in total. The first-order chi connectivity index (χ1) is 6.22. The normalized spacial score (nSPS) is 30.6. The molecule has 1 aliphatic heterocycles. The highest BCUT2D eigenvalue weighted by molar-refractivity contribution is 8.00. The molecule has 1 saturated heterocycles. The van der Waals surface area contributed by atoms with Crippen molar-refractivity contribution in [2.75, 3.05) is 5.75 Å². The zero-order valence-electron chi connectivity index (χ0n) is 7.69. The van der Waals surface area contributed by atoms with E-state index in [0.717, 1.165) is 0 Å². The Morgan fingerprint density at radius 2 is 2.54 bits per heavy atom. The van der Waals surface area contributed by atoms with Crippen LogP contribution in [-0.2, 0) is 0 Å². The summed E-state index contributed by atoms with van der Waals surface area (Å²) >= 11 is 3.53. The standard InChI is InChI=1S/C9H14N2S2/c1-9(4-2-6-12-9)8(10)7-3-5-11-13-7/h3,5,8H,2,4,6,10H2,1H3. The molecule has 4 heteroatoms. The smallest absolute Gasteiger partial charge is 0.0552 e. The van der Waals surface area contributed by atoms with Crippen molar-refractivity contribution >= 4 is 23.3 Å². The van der Waals surface area contributed by atoms with Crippen LogP contribution < -0.4 is 5.73 Å². The minimum atomic E-state index is 0.160. The number of nitrogens with two attached hydrogens (primary N) is 1. The quantitative estimate of drug-likeness (QED) is 0.822. The number of aromatic nitrogens is 1. The Balaban J connectivity index is 2.16. The van der Waals surface area contributed by atoms with Gasteiger partial charge in [0.1, 0.15) is 0 Å². The van der Waals surface area contributed by atoms with E-state index in [9.17, 15) is 0 Å². The maximum absolute atomic E-state index is 6.23. The number of thioether (sulfide) groups is 1. The Bertz CT molecular complexity index is 265. The summed E-state index contributed by atoms with van der Waals surface area (Å²) in [6.45, 7) is 2.27. The van der Waals surface area contributed by atoms with Crippen LogP contribution in [0.15, 0.2) is 12.3 Å². The molecule has 0 bridgehead atoms. The molecule has 0 amide bonds. The largest absolute Gasteiger partial charge is 0.322 e. The third kappa shape index (κ3) is 1.75. The minimum absolute atomic E-state index is 0.160. The number of rotatable bonds is 2. The van der Waals surface area contributed by atoms with Gasteiger partial charge in [-0.3, -0.25) is 0 Å². The van der Waals surface area contributed by atoms with Crippen LogP contribution in [0.25, 0.3) is 0 Å². The lowest BCUT2D eigenvalue weighted by Gasteiger charge is -2.28. The zero-order valence-corrected chi connectivity index (χ0v) is 9.33. The van der Waals surface area contributed by atoms with Crippen LogP contribution in [0.5, 0.6) is 0 Å². The van der Waals surface area contributed by atoms with E-state index in [4.69, 9.17) is 5.73 Å². The highest BCUT2D eigenvalue weighted by Crippen LogP contribution is 2.45. The van der Waals surface area contributed by atoms with Gasteiger partial charge in [-0.2, -0.15) is 11.8 Å². The van der Waals surface area contributed by atoms with Crippen molar-refractivity contribution in [2.45, 2.75) is 30.6 Å². The first-order valence-corrected chi connectivity index (χ1v) is 6.28. The second-order valence-electron chi connectivity index (χ2n) is 3.66. The second-order valence-corrected chi connectivity index (χ2v) is 6.15. The fourth-order valence-corrected chi connectivity index (χ4v) is 3.90. The van der Waals surface area contributed by atoms with Crippen LogP contribution in [-0.4, -0.2) is 14.9 Å². The molecule has 0 radical (unpaired) electrons. The minimum Gasteiger partial charge on any atom is -0.322 e. The molecule has 1 aliphatic rings. The van der Waals surface area contributed by atoms with Gasteiger partial charge in [0.05, 0.1) is 6.04 Å². The predicted octanol–water partition coefficient (Wildman–Crippen LogP) is 2.43. The van der Waals surface area contributed by atoms with E-state index in [0.29, 0.717) is 0 Å². The van der Waals surface area contributed by atoms with Crippen molar-refractivity contribution in [1.82, 2.24) is 4.37 Å². The number of nitrogens with zero attached hydrogens (tertiary/aromatic N) is 1. The summed E-state index contributed by atoms with van der Waals surface area (Å²) in [7, 11) is 0. The monoisotopic (exact) mass is 214 g/mol. The maximum atomic E-state index is 6.23. The Kier molecular flexibility index (Phi) is 2.62. The van der Waals surface area contributed by atoms with Crippen molar-refractivity contribution in [2.24, 2.45) is 5.73 Å². The summed E-state index contributed by atoms with van der Waals surface area (Å²) in [5.41, 5.74) is 6.23. The van der Waals surface area contributed by atoms with Gasteiger partial charge in [0.2, 0.25) is 0 Å². The van der Waals surface area contributed by atoms with E-state index in [1.807, 2.05) is 24.0 Å². The maximum Gasteiger partial charge on any atom is 0.0552 e. The molecule has 72 valence electrons. The molecule has 0 spiro atoms. The Morgan fingerprint density at radius 3 is 3.08 bits per heavy atom. The summed E-state index contributed by atoms with van der Waals surface area (Å²) in [5.74, 6) is 1.25. The first-order valence-electron chi connectivity index (χ1n) is 4.52. The zero-order chi connectivity index (χ0) is 9.31. The molecule has 13 heavy (non-hydrogen) atoms. The molecule has 2 atom stereocenters. The van der Waals surface area contributed by atoms with Gasteiger partial charge >= 0.3 is 0 Å². The summed E-state index contributed by atoms with van der Waals surface area (Å²) in [6.07, 6.45) is 4.37. The van der Waals surface area contributed by atoms with E-state index < -0.39 is 0 Å². The molecule has 0 saturated carbocycles. The van der Waals surface area contributed by atoms with Gasteiger partial charge < -0.3 is 5.73 Å². The van der Waals surface area contributed by atoms with Crippen molar-refractivity contribution in [1.29, 1.82) is 0 Å². The topological polar surface area (TPSA) is 38.9 Å². The van der Waals surface area contributed by atoms with Crippen molar-refractivity contribution in [3.8, 4) is 0 Å². The average molecular weight is 214 g/mol. The molecular formula is C9H14N2S2. The van der Waals surface area contributed by atoms with E-state index in [-0.39, 0.29) is 10.8 Å². The van der Waals surface area contributed by atoms with Gasteiger partial charge in [-0.1, -0.05) is 0 Å². The van der Waals surface area contributed by atoms with Gasteiger partial charge in [0, 0.05) is 15.8 Å². The average Bonchev–Trinajstić information content (AvgIpc) is 2.73. The molecule has 1 aromatic rings. The molecular weight excluding hydrogens is 200 g/mol. The summed E-state index contributed by atoms with van der Waals surface area (Å²) in [5, 5.41) is 0. The van der Waals surface area contributed by atoms with Gasteiger partial charge in [-0.05, 0) is 43.1 Å². The molecule has 1 fully saturated rings. The summed E-state index contributed by atoms with van der Waals surface area (Å²) in [6, 6.07) is 2.20.